The van der Waals surface area contributed by atoms with E-state index in [1.54, 1.807) is 18.2 Å². The van der Waals surface area contributed by atoms with Crippen LogP contribution < -0.4 is 14.2 Å². The van der Waals surface area contributed by atoms with Gasteiger partial charge in [0.2, 0.25) is 5.75 Å². The molecule has 8 heteroatoms. The Labute approximate surface area is 225 Å². The second-order valence-corrected chi connectivity index (χ2v) is 10.4. The minimum absolute atomic E-state index is 0.0570. The van der Waals surface area contributed by atoms with E-state index in [4.69, 9.17) is 19.3 Å². The van der Waals surface area contributed by atoms with Crippen molar-refractivity contribution in [3.63, 3.8) is 0 Å². The lowest BCUT2D eigenvalue weighted by Gasteiger charge is -2.30. The number of ether oxygens (including phenoxy) is 3. The molecule has 8 nitrogen and oxygen atoms in total. The van der Waals surface area contributed by atoms with Crippen molar-refractivity contribution >= 4 is 0 Å². The smallest absolute Gasteiger partial charge is 0.200 e. The number of phenols is 2. The van der Waals surface area contributed by atoms with E-state index in [-0.39, 0.29) is 30.6 Å². The van der Waals surface area contributed by atoms with Crippen LogP contribution in [0.5, 0.6) is 28.7 Å². The Kier molecular flexibility index (Phi) is 11.8. The van der Waals surface area contributed by atoms with Crippen molar-refractivity contribution in [2.75, 3.05) is 20.8 Å². The molecule has 1 saturated carbocycles. The van der Waals surface area contributed by atoms with Crippen LogP contribution >= 0.6 is 0 Å². The van der Waals surface area contributed by atoms with E-state index in [1.807, 2.05) is 12.1 Å². The summed E-state index contributed by atoms with van der Waals surface area (Å²) in [6.45, 7) is 0.219. The summed E-state index contributed by atoms with van der Waals surface area (Å²) < 4.78 is 16.5. The van der Waals surface area contributed by atoms with Crippen molar-refractivity contribution in [1.82, 2.24) is 0 Å². The van der Waals surface area contributed by atoms with Crippen LogP contribution in [0.15, 0.2) is 30.3 Å². The lowest BCUT2D eigenvalue weighted by molar-refractivity contribution is 0.0713. The van der Waals surface area contributed by atoms with Gasteiger partial charge < -0.3 is 39.7 Å². The molecule has 38 heavy (non-hydrogen) atoms. The van der Waals surface area contributed by atoms with Gasteiger partial charge in [-0.3, -0.25) is 0 Å². The van der Waals surface area contributed by atoms with Crippen LogP contribution in [0.4, 0.5) is 0 Å². The summed E-state index contributed by atoms with van der Waals surface area (Å²) in [6.07, 6.45) is 6.99. The molecule has 1 aliphatic carbocycles. The third kappa shape index (κ3) is 8.96. The van der Waals surface area contributed by atoms with Crippen LogP contribution in [0, 0.1) is 5.92 Å². The molecule has 1 aliphatic rings. The number of methoxy groups -OCH3 is 2. The van der Waals surface area contributed by atoms with Crippen molar-refractivity contribution in [3.8, 4) is 28.7 Å². The van der Waals surface area contributed by atoms with E-state index >= 15 is 0 Å². The monoisotopic (exact) mass is 532 g/mol. The first kappa shape index (κ1) is 29.9. The van der Waals surface area contributed by atoms with E-state index in [1.165, 1.54) is 14.2 Å². The van der Waals surface area contributed by atoms with E-state index in [0.717, 1.165) is 49.7 Å². The molecule has 212 valence electrons. The number of aryl methyl sites for hydroxylation is 2. The predicted octanol–water partition coefficient (Wildman–Crippen LogP) is 4.50. The molecule has 0 spiro atoms. The van der Waals surface area contributed by atoms with Gasteiger partial charge in [-0.15, -0.1) is 0 Å². The normalized spacial score (nSPS) is 19.1. The zero-order chi connectivity index (χ0) is 27.5. The number of rotatable bonds is 15. The Morgan fingerprint density at radius 2 is 1.50 bits per heavy atom. The fourth-order valence-corrected chi connectivity index (χ4v) is 5.29. The van der Waals surface area contributed by atoms with Crippen molar-refractivity contribution in [3.05, 3.63) is 41.5 Å². The molecule has 0 amide bonds. The van der Waals surface area contributed by atoms with E-state index in [2.05, 4.69) is 0 Å². The maximum absolute atomic E-state index is 10.5. The number of phenolic OH excluding ortho intramolecular Hbond substituents is 2. The highest BCUT2D eigenvalue weighted by atomic mass is 16.5. The third-order valence-electron chi connectivity index (χ3n) is 7.44. The Bertz CT molecular complexity index is 969. The van der Waals surface area contributed by atoms with E-state index < -0.39 is 12.2 Å². The number of aliphatic hydroxyl groups excluding tert-OH is 3. The first-order valence-electron chi connectivity index (χ1n) is 13.7. The molecule has 0 aromatic heterocycles. The van der Waals surface area contributed by atoms with Crippen LogP contribution in [0.2, 0.25) is 0 Å². The zero-order valence-electron chi connectivity index (χ0n) is 22.6. The summed E-state index contributed by atoms with van der Waals surface area (Å²) in [4.78, 5) is 0. The minimum atomic E-state index is -0.681. The summed E-state index contributed by atoms with van der Waals surface area (Å²) in [5.41, 5.74) is 1.82. The average Bonchev–Trinajstić information content (AvgIpc) is 2.92. The lowest BCUT2D eigenvalue weighted by atomic mass is 9.84. The SMILES string of the molecule is COc1cc(CC[C@H](O)C[C@@H](O)CCc2ccc(O)c(O[C@@H]3CCC[C@H](CCCO)C3)c2)cc(OC)c1O. The summed E-state index contributed by atoms with van der Waals surface area (Å²) in [6, 6.07) is 8.75. The van der Waals surface area contributed by atoms with Gasteiger partial charge in [0.1, 0.15) is 0 Å². The fraction of sp³-hybridized carbons (Fsp3) is 0.600. The van der Waals surface area contributed by atoms with Crippen molar-refractivity contribution in [2.45, 2.75) is 88.9 Å². The van der Waals surface area contributed by atoms with Crippen LogP contribution in [-0.2, 0) is 12.8 Å². The van der Waals surface area contributed by atoms with Gasteiger partial charge in [0.25, 0.3) is 0 Å². The van der Waals surface area contributed by atoms with Gasteiger partial charge in [-0.25, -0.2) is 0 Å². The maximum Gasteiger partial charge on any atom is 0.200 e. The fourth-order valence-electron chi connectivity index (χ4n) is 5.29. The number of benzene rings is 2. The molecule has 0 heterocycles. The quantitative estimate of drug-likeness (QED) is 0.227. The van der Waals surface area contributed by atoms with Crippen LogP contribution in [0.3, 0.4) is 0 Å². The highest BCUT2D eigenvalue weighted by Crippen LogP contribution is 2.38. The van der Waals surface area contributed by atoms with E-state index in [0.29, 0.717) is 48.8 Å². The molecule has 0 radical (unpaired) electrons. The van der Waals surface area contributed by atoms with Crippen molar-refractivity contribution < 1.29 is 39.7 Å². The highest BCUT2D eigenvalue weighted by molar-refractivity contribution is 5.52. The summed E-state index contributed by atoms with van der Waals surface area (Å²) in [7, 11) is 2.94. The lowest BCUT2D eigenvalue weighted by Crippen LogP contribution is -2.25. The van der Waals surface area contributed by atoms with Gasteiger partial charge in [0.15, 0.2) is 23.0 Å². The predicted molar refractivity (Wildman–Crippen MR) is 145 cm³/mol. The molecule has 2 aromatic carbocycles. The average molecular weight is 533 g/mol. The van der Waals surface area contributed by atoms with Gasteiger partial charge in [0, 0.05) is 6.61 Å². The number of aromatic hydroxyl groups is 2. The molecule has 5 N–H and O–H groups in total. The number of hydrogen-bond donors (Lipinski definition) is 5. The summed E-state index contributed by atoms with van der Waals surface area (Å²) >= 11 is 0. The second-order valence-electron chi connectivity index (χ2n) is 10.4. The first-order chi connectivity index (χ1) is 18.3. The van der Waals surface area contributed by atoms with Crippen LogP contribution in [-0.4, -0.2) is 64.7 Å². The third-order valence-corrected chi connectivity index (χ3v) is 7.44. The standard InChI is InChI=1S/C30H44O8/c1-36-28-17-22(18-29(37-2)30(28)35)9-12-24(33)19-23(32)11-8-21-10-13-26(34)27(16-21)38-25-7-3-5-20(15-25)6-4-14-31/h10,13,16-18,20,23-25,31-35H,3-9,11-12,14-15,19H2,1-2H3/t20-,23+,24+,25-/m1/s1. The van der Waals surface area contributed by atoms with Gasteiger partial charge in [-0.1, -0.05) is 12.5 Å². The van der Waals surface area contributed by atoms with Crippen LogP contribution in [0.1, 0.15) is 68.9 Å². The van der Waals surface area contributed by atoms with Crippen molar-refractivity contribution in [2.24, 2.45) is 5.92 Å². The number of hydrogen-bond acceptors (Lipinski definition) is 8. The maximum atomic E-state index is 10.5. The topological polar surface area (TPSA) is 129 Å². The summed E-state index contributed by atoms with van der Waals surface area (Å²) in [5, 5.41) is 50.5. The molecule has 0 bridgehead atoms. The Morgan fingerprint density at radius 3 is 2.13 bits per heavy atom. The van der Waals surface area contributed by atoms with Gasteiger partial charge in [0.05, 0.1) is 32.5 Å². The largest absolute Gasteiger partial charge is 0.504 e. The number of aliphatic hydroxyl groups is 3. The van der Waals surface area contributed by atoms with Gasteiger partial charge >= 0.3 is 0 Å². The van der Waals surface area contributed by atoms with Gasteiger partial charge in [-0.2, -0.15) is 0 Å². The highest BCUT2D eigenvalue weighted by Gasteiger charge is 2.24. The summed E-state index contributed by atoms with van der Waals surface area (Å²) in [5.74, 6) is 1.71. The molecule has 3 rings (SSSR count). The Hall–Kier alpha value is -2.68. The van der Waals surface area contributed by atoms with Gasteiger partial charge in [-0.05, 0) is 106 Å². The molecular weight excluding hydrogens is 488 g/mol. The molecular formula is C30H44O8. The zero-order valence-corrected chi connectivity index (χ0v) is 22.6. The molecule has 0 unspecified atom stereocenters. The first-order valence-corrected chi connectivity index (χ1v) is 13.7. The van der Waals surface area contributed by atoms with Crippen LogP contribution in [0.25, 0.3) is 0 Å². The Morgan fingerprint density at radius 1 is 0.868 bits per heavy atom. The second kappa shape index (κ2) is 15.0. The minimum Gasteiger partial charge on any atom is -0.504 e. The van der Waals surface area contributed by atoms with Crippen molar-refractivity contribution in [1.29, 1.82) is 0 Å². The molecule has 4 atom stereocenters. The Balaban J connectivity index is 1.46. The van der Waals surface area contributed by atoms with E-state index in [9.17, 15) is 20.4 Å². The molecule has 1 fully saturated rings. The molecule has 0 aliphatic heterocycles. The molecule has 0 saturated heterocycles. The molecule has 2 aromatic rings.